The summed E-state index contributed by atoms with van der Waals surface area (Å²) in [5, 5.41) is 12.0. The molecule has 2 atom stereocenters. The molecular weight excluding hydrogens is 210 g/mol. The molecular formula is C11H19NO4. The van der Waals surface area contributed by atoms with Crippen molar-refractivity contribution in [2.24, 2.45) is 11.8 Å². The van der Waals surface area contributed by atoms with E-state index in [0.717, 1.165) is 0 Å². The second kappa shape index (κ2) is 4.82. The summed E-state index contributed by atoms with van der Waals surface area (Å²) in [5.41, 5.74) is -0.564. The fourth-order valence-electron chi connectivity index (χ4n) is 1.78. The van der Waals surface area contributed by atoms with Crippen LogP contribution >= 0.6 is 0 Å². The summed E-state index contributed by atoms with van der Waals surface area (Å²) in [5.74, 6) is -2.55. The summed E-state index contributed by atoms with van der Waals surface area (Å²) in [6.07, 6.45) is 0.520. The highest BCUT2D eigenvalue weighted by molar-refractivity contribution is 5.81. The van der Waals surface area contributed by atoms with Gasteiger partial charge in [0, 0.05) is 6.54 Å². The van der Waals surface area contributed by atoms with Crippen molar-refractivity contribution in [3.05, 3.63) is 0 Å². The van der Waals surface area contributed by atoms with E-state index >= 15 is 0 Å². The first kappa shape index (κ1) is 13.0. The number of carbonyl (C=O) groups excluding carboxylic acids is 1. The van der Waals surface area contributed by atoms with Gasteiger partial charge in [-0.05, 0) is 33.7 Å². The highest BCUT2D eigenvalue weighted by atomic mass is 16.6. The lowest BCUT2D eigenvalue weighted by atomic mass is 9.86. The van der Waals surface area contributed by atoms with Crippen molar-refractivity contribution >= 4 is 11.9 Å². The van der Waals surface area contributed by atoms with Crippen LogP contribution in [0.3, 0.4) is 0 Å². The van der Waals surface area contributed by atoms with E-state index in [-0.39, 0.29) is 0 Å². The molecule has 0 amide bonds. The lowest BCUT2D eigenvalue weighted by Gasteiger charge is -2.30. The van der Waals surface area contributed by atoms with Crippen LogP contribution in [-0.2, 0) is 14.3 Å². The third-order valence-electron chi connectivity index (χ3n) is 2.51. The van der Waals surface area contributed by atoms with Gasteiger partial charge in [0.05, 0.1) is 11.8 Å². The highest BCUT2D eigenvalue weighted by Crippen LogP contribution is 2.23. The fourth-order valence-corrected chi connectivity index (χ4v) is 1.78. The second-order valence-electron chi connectivity index (χ2n) is 5.08. The molecule has 2 unspecified atom stereocenters. The molecule has 1 aliphatic heterocycles. The predicted octanol–water partition coefficient (Wildman–Crippen LogP) is 0.638. The van der Waals surface area contributed by atoms with Gasteiger partial charge in [-0.25, -0.2) is 0 Å². The Morgan fingerprint density at radius 2 is 1.94 bits per heavy atom. The minimum atomic E-state index is -0.942. The molecule has 92 valence electrons. The van der Waals surface area contributed by atoms with Gasteiger partial charge >= 0.3 is 11.9 Å². The summed E-state index contributed by atoms with van der Waals surface area (Å²) in [4.78, 5) is 22.8. The molecule has 0 aromatic heterocycles. The Morgan fingerprint density at radius 1 is 1.31 bits per heavy atom. The Kier molecular flexibility index (Phi) is 3.91. The monoisotopic (exact) mass is 229 g/mol. The van der Waals surface area contributed by atoms with Gasteiger partial charge < -0.3 is 15.2 Å². The minimum absolute atomic E-state index is 0.333. The van der Waals surface area contributed by atoms with Crippen molar-refractivity contribution < 1.29 is 19.4 Å². The standard InChI is InChI=1S/C11H19NO4/c1-11(2,3)16-10(15)7-4-5-12-6-8(7)9(13)14/h7-8,12H,4-6H2,1-3H3,(H,13,14). The number of piperidine rings is 1. The zero-order chi connectivity index (χ0) is 12.3. The van der Waals surface area contributed by atoms with Crippen LogP contribution in [0, 0.1) is 11.8 Å². The van der Waals surface area contributed by atoms with Gasteiger partial charge in [0.2, 0.25) is 0 Å². The van der Waals surface area contributed by atoms with Crippen LogP contribution in [0.15, 0.2) is 0 Å². The van der Waals surface area contributed by atoms with E-state index in [2.05, 4.69) is 5.32 Å². The molecule has 0 aromatic carbocycles. The number of ether oxygens (including phenoxy) is 1. The maximum Gasteiger partial charge on any atom is 0.310 e. The fraction of sp³-hybridized carbons (Fsp3) is 0.818. The Labute approximate surface area is 95.2 Å². The first-order valence-corrected chi connectivity index (χ1v) is 5.47. The normalized spacial score (nSPS) is 26.2. The average Bonchev–Trinajstić information content (AvgIpc) is 2.15. The number of aliphatic carboxylic acids is 1. The Morgan fingerprint density at radius 3 is 2.44 bits per heavy atom. The number of carbonyl (C=O) groups is 2. The van der Waals surface area contributed by atoms with Gasteiger partial charge in [-0.3, -0.25) is 9.59 Å². The second-order valence-corrected chi connectivity index (χ2v) is 5.08. The van der Waals surface area contributed by atoms with E-state index in [1.165, 1.54) is 0 Å². The smallest absolute Gasteiger partial charge is 0.310 e. The predicted molar refractivity (Wildman–Crippen MR) is 57.9 cm³/mol. The highest BCUT2D eigenvalue weighted by Gasteiger charge is 2.38. The van der Waals surface area contributed by atoms with Crippen molar-refractivity contribution in [2.75, 3.05) is 13.1 Å². The number of hydrogen-bond acceptors (Lipinski definition) is 4. The lowest BCUT2D eigenvalue weighted by molar-refractivity contribution is -0.167. The van der Waals surface area contributed by atoms with Gasteiger partial charge in [0.1, 0.15) is 5.60 Å². The zero-order valence-electron chi connectivity index (χ0n) is 9.95. The van der Waals surface area contributed by atoms with Crippen LogP contribution in [0.4, 0.5) is 0 Å². The Balaban J connectivity index is 2.68. The average molecular weight is 229 g/mol. The molecule has 0 radical (unpaired) electrons. The van der Waals surface area contributed by atoms with E-state index in [1.807, 2.05) is 0 Å². The molecule has 0 saturated carbocycles. The Bertz CT molecular complexity index is 282. The number of carboxylic acid groups (broad SMARTS) is 1. The number of esters is 1. The van der Waals surface area contributed by atoms with Gasteiger partial charge in [0.25, 0.3) is 0 Å². The van der Waals surface area contributed by atoms with Crippen LogP contribution in [0.5, 0.6) is 0 Å². The van der Waals surface area contributed by atoms with Gasteiger partial charge in [-0.1, -0.05) is 0 Å². The molecule has 1 heterocycles. The van der Waals surface area contributed by atoms with Crippen molar-refractivity contribution in [2.45, 2.75) is 32.8 Å². The summed E-state index contributed by atoms with van der Waals surface area (Å²) in [6, 6.07) is 0. The van der Waals surface area contributed by atoms with Crippen LogP contribution in [0.2, 0.25) is 0 Å². The molecule has 1 saturated heterocycles. The van der Waals surface area contributed by atoms with Crippen molar-refractivity contribution in [1.29, 1.82) is 0 Å². The molecule has 0 spiro atoms. The largest absolute Gasteiger partial charge is 0.481 e. The van der Waals surface area contributed by atoms with Crippen LogP contribution < -0.4 is 5.32 Å². The molecule has 5 nitrogen and oxygen atoms in total. The molecule has 1 aliphatic rings. The van der Waals surface area contributed by atoms with Gasteiger partial charge in [-0.2, -0.15) is 0 Å². The number of hydrogen-bond donors (Lipinski definition) is 2. The van der Waals surface area contributed by atoms with E-state index in [9.17, 15) is 9.59 Å². The SMILES string of the molecule is CC(C)(C)OC(=O)C1CCNCC1C(=O)O. The maximum atomic E-state index is 11.8. The third kappa shape index (κ3) is 3.48. The summed E-state index contributed by atoms with van der Waals surface area (Å²) in [6.45, 7) is 6.33. The van der Waals surface area contributed by atoms with Crippen LogP contribution in [0.1, 0.15) is 27.2 Å². The van der Waals surface area contributed by atoms with Crippen molar-refractivity contribution in [3.8, 4) is 0 Å². The van der Waals surface area contributed by atoms with E-state index < -0.39 is 29.4 Å². The molecule has 5 heteroatoms. The molecule has 0 aliphatic carbocycles. The van der Waals surface area contributed by atoms with E-state index in [1.54, 1.807) is 20.8 Å². The minimum Gasteiger partial charge on any atom is -0.481 e. The Hall–Kier alpha value is -1.10. The van der Waals surface area contributed by atoms with Crippen LogP contribution in [0.25, 0.3) is 0 Å². The summed E-state index contributed by atoms with van der Waals surface area (Å²) < 4.78 is 5.23. The molecule has 1 rings (SSSR count). The van der Waals surface area contributed by atoms with E-state index in [4.69, 9.17) is 9.84 Å². The van der Waals surface area contributed by atoms with Gasteiger partial charge in [0.15, 0.2) is 0 Å². The van der Waals surface area contributed by atoms with Crippen molar-refractivity contribution in [3.63, 3.8) is 0 Å². The summed E-state index contributed by atoms with van der Waals surface area (Å²) in [7, 11) is 0. The number of nitrogens with one attached hydrogen (secondary N) is 1. The lowest BCUT2D eigenvalue weighted by Crippen LogP contribution is -2.45. The zero-order valence-corrected chi connectivity index (χ0v) is 9.95. The number of rotatable bonds is 2. The van der Waals surface area contributed by atoms with Gasteiger partial charge in [-0.15, -0.1) is 0 Å². The molecule has 0 aromatic rings. The molecule has 16 heavy (non-hydrogen) atoms. The summed E-state index contributed by atoms with van der Waals surface area (Å²) >= 11 is 0. The third-order valence-corrected chi connectivity index (χ3v) is 2.51. The molecule has 2 N–H and O–H groups in total. The first-order chi connectivity index (χ1) is 7.31. The molecule has 0 bridgehead atoms. The quantitative estimate of drug-likeness (QED) is 0.679. The van der Waals surface area contributed by atoms with Crippen LogP contribution in [-0.4, -0.2) is 35.7 Å². The van der Waals surface area contributed by atoms with Crippen molar-refractivity contribution in [1.82, 2.24) is 5.32 Å². The molecule has 1 fully saturated rings. The number of carboxylic acids is 1. The first-order valence-electron chi connectivity index (χ1n) is 5.47. The van der Waals surface area contributed by atoms with E-state index in [0.29, 0.717) is 19.5 Å². The topological polar surface area (TPSA) is 75.6 Å². The maximum absolute atomic E-state index is 11.8.